The van der Waals surface area contributed by atoms with Crippen LogP contribution in [0, 0.1) is 10.1 Å². The Balaban J connectivity index is 2.44. The van der Waals surface area contributed by atoms with Gasteiger partial charge in [-0.15, -0.1) is 0 Å². The zero-order valence-electron chi connectivity index (χ0n) is 7.32. The van der Waals surface area contributed by atoms with Crippen molar-refractivity contribution in [2.45, 2.75) is 13.3 Å². The molecule has 1 N–H and O–H groups in total. The van der Waals surface area contributed by atoms with Crippen molar-refractivity contribution in [1.29, 1.82) is 0 Å². The van der Waals surface area contributed by atoms with Crippen LogP contribution in [0.2, 0.25) is 0 Å². The van der Waals surface area contributed by atoms with Crippen molar-refractivity contribution in [3.05, 3.63) is 22.1 Å². The molecule has 0 unspecified atom stereocenters. The van der Waals surface area contributed by atoms with Gasteiger partial charge < -0.3 is 10.1 Å². The summed E-state index contributed by atoms with van der Waals surface area (Å²) >= 11 is 1.79. The summed E-state index contributed by atoms with van der Waals surface area (Å²) in [5.74, 6) is 2.66. The third-order valence-electron chi connectivity index (χ3n) is 1.50. The first-order valence-electron chi connectivity index (χ1n) is 4.00. The molecule has 1 aromatic rings. The number of rotatable bonds is 5. The molecular formula is C7H11N3O2S. The van der Waals surface area contributed by atoms with Gasteiger partial charge in [0.05, 0.1) is 0 Å². The van der Waals surface area contributed by atoms with Crippen LogP contribution in [0.5, 0.6) is 0 Å². The van der Waals surface area contributed by atoms with E-state index in [-0.39, 0.29) is 5.82 Å². The lowest BCUT2D eigenvalue weighted by molar-refractivity contribution is -0.389. The quantitative estimate of drug-likeness (QED) is 0.446. The van der Waals surface area contributed by atoms with Crippen molar-refractivity contribution >= 4 is 17.6 Å². The molecule has 0 bridgehead atoms. The van der Waals surface area contributed by atoms with Crippen LogP contribution < -0.4 is 0 Å². The molecule has 1 heterocycles. The van der Waals surface area contributed by atoms with Gasteiger partial charge in [-0.3, -0.25) is 0 Å². The van der Waals surface area contributed by atoms with Crippen LogP contribution in [0.3, 0.4) is 0 Å². The summed E-state index contributed by atoms with van der Waals surface area (Å²) in [5, 5.41) is 10.3. The highest BCUT2D eigenvalue weighted by atomic mass is 32.2. The summed E-state index contributed by atoms with van der Waals surface area (Å²) in [6, 6.07) is 0. The van der Waals surface area contributed by atoms with Crippen LogP contribution >= 0.6 is 11.8 Å². The molecule has 0 aliphatic rings. The molecule has 13 heavy (non-hydrogen) atoms. The minimum atomic E-state index is -0.469. The highest BCUT2D eigenvalue weighted by Gasteiger charge is 2.08. The van der Waals surface area contributed by atoms with E-state index in [9.17, 15) is 10.1 Å². The molecule has 0 atom stereocenters. The molecule has 1 rings (SSSR count). The van der Waals surface area contributed by atoms with E-state index in [1.807, 2.05) is 0 Å². The summed E-state index contributed by atoms with van der Waals surface area (Å²) < 4.78 is 0. The van der Waals surface area contributed by atoms with Crippen LogP contribution in [-0.2, 0) is 6.42 Å². The second-order valence-corrected chi connectivity index (χ2v) is 3.81. The van der Waals surface area contributed by atoms with Gasteiger partial charge in [-0.05, 0) is 10.7 Å². The first-order valence-corrected chi connectivity index (χ1v) is 5.15. The Kier molecular flexibility index (Phi) is 3.75. The Labute approximate surface area is 80.1 Å². The van der Waals surface area contributed by atoms with Gasteiger partial charge in [0.2, 0.25) is 0 Å². The lowest BCUT2D eigenvalue weighted by Gasteiger charge is -1.91. The predicted molar refractivity (Wildman–Crippen MR) is 51.9 cm³/mol. The molecule has 72 valence electrons. The fourth-order valence-electron chi connectivity index (χ4n) is 0.884. The van der Waals surface area contributed by atoms with E-state index in [1.165, 1.54) is 6.20 Å². The largest absolute Gasteiger partial charge is 0.358 e. The summed E-state index contributed by atoms with van der Waals surface area (Å²) in [5.41, 5.74) is 0. The lowest BCUT2D eigenvalue weighted by Crippen LogP contribution is -1.92. The summed E-state index contributed by atoms with van der Waals surface area (Å²) in [6.45, 7) is 2.08. The van der Waals surface area contributed by atoms with Crippen molar-refractivity contribution in [3.63, 3.8) is 0 Å². The molecule has 0 aliphatic heterocycles. The highest BCUT2D eigenvalue weighted by molar-refractivity contribution is 7.99. The highest BCUT2D eigenvalue weighted by Crippen LogP contribution is 2.08. The number of nitro groups is 1. The van der Waals surface area contributed by atoms with E-state index >= 15 is 0 Å². The first-order chi connectivity index (χ1) is 6.24. The summed E-state index contributed by atoms with van der Waals surface area (Å²) in [6.07, 6.45) is 2.01. The molecule has 1 aromatic heterocycles. The number of thioether (sulfide) groups is 1. The lowest BCUT2D eigenvalue weighted by atomic mass is 10.5. The summed E-state index contributed by atoms with van der Waals surface area (Å²) in [7, 11) is 0. The Hall–Kier alpha value is -1.04. The van der Waals surface area contributed by atoms with Crippen LogP contribution in [0.1, 0.15) is 12.7 Å². The van der Waals surface area contributed by atoms with Gasteiger partial charge in [-0.25, -0.2) is 9.97 Å². The van der Waals surface area contributed by atoms with Gasteiger partial charge in [0, 0.05) is 12.2 Å². The van der Waals surface area contributed by atoms with Crippen molar-refractivity contribution < 1.29 is 4.92 Å². The van der Waals surface area contributed by atoms with E-state index in [4.69, 9.17) is 0 Å². The maximum absolute atomic E-state index is 10.3. The topological polar surface area (TPSA) is 71.8 Å². The zero-order chi connectivity index (χ0) is 9.68. The molecule has 0 fully saturated rings. The smallest absolute Gasteiger partial charge is 0.340 e. The second kappa shape index (κ2) is 4.86. The van der Waals surface area contributed by atoms with E-state index in [0.29, 0.717) is 5.82 Å². The minimum Gasteiger partial charge on any atom is -0.358 e. The van der Waals surface area contributed by atoms with Crippen LogP contribution in [0.25, 0.3) is 0 Å². The van der Waals surface area contributed by atoms with Crippen molar-refractivity contribution in [2.24, 2.45) is 0 Å². The van der Waals surface area contributed by atoms with E-state index in [2.05, 4.69) is 16.9 Å². The Morgan fingerprint density at radius 2 is 2.54 bits per heavy atom. The van der Waals surface area contributed by atoms with Gasteiger partial charge >= 0.3 is 5.82 Å². The van der Waals surface area contributed by atoms with Crippen molar-refractivity contribution in [2.75, 3.05) is 11.5 Å². The molecule has 0 aromatic carbocycles. The van der Waals surface area contributed by atoms with Crippen molar-refractivity contribution in [3.8, 4) is 0 Å². The zero-order valence-corrected chi connectivity index (χ0v) is 8.13. The number of nitrogens with zero attached hydrogens (tertiary/aromatic N) is 2. The number of aromatic amines is 1. The molecule has 0 spiro atoms. The average molecular weight is 201 g/mol. The molecule has 0 saturated heterocycles. The first kappa shape index (κ1) is 10.0. The van der Waals surface area contributed by atoms with E-state index < -0.39 is 4.92 Å². The Bertz CT molecular complexity index is 287. The third-order valence-corrected chi connectivity index (χ3v) is 2.40. The maximum Gasteiger partial charge on any atom is 0.340 e. The van der Waals surface area contributed by atoms with Gasteiger partial charge in [0.25, 0.3) is 0 Å². The van der Waals surface area contributed by atoms with Gasteiger partial charge in [0.15, 0.2) is 5.82 Å². The monoisotopic (exact) mass is 201 g/mol. The fraction of sp³-hybridized carbons (Fsp3) is 0.571. The molecule has 0 amide bonds. The normalized spacial score (nSPS) is 10.2. The van der Waals surface area contributed by atoms with Crippen LogP contribution in [-0.4, -0.2) is 26.4 Å². The Morgan fingerprint density at radius 3 is 3.08 bits per heavy atom. The number of H-pyrrole nitrogens is 1. The standard InChI is InChI=1S/C7H11N3O2S/c1-2-13-4-3-6-8-5-7(9-6)10(11)12/h5H,2-4H2,1H3,(H,8,9). The molecule has 0 saturated carbocycles. The fourth-order valence-corrected chi connectivity index (χ4v) is 1.51. The number of hydrogen-bond donors (Lipinski definition) is 1. The predicted octanol–water partition coefficient (Wildman–Crippen LogP) is 1.61. The van der Waals surface area contributed by atoms with Gasteiger partial charge in [-0.2, -0.15) is 11.8 Å². The number of imidazole rings is 1. The number of nitrogens with one attached hydrogen (secondary N) is 1. The SMILES string of the molecule is CCSCCc1ncc([N+](=O)[O-])[nH]1. The van der Waals surface area contributed by atoms with E-state index in [1.54, 1.807) is 11.8 Å². The molecule has 0 aliphatic carbocycles. The van der Waals surface area contributed by atoms with Gasteiger partial charge in [-0.1, -0.05) is 6.92 Å². The van der Waals surface area contributed by atoms with Gasteiger partial charge in [0.1, 0.15) is 6.20 Å². The average Bonchev–Trinajstić information content (AvgIpc) is 2.53. The van der Waals surface area contributed by atoms with Crippen molar-refractivity contribution in [1.82, 2.24) is 9.97 Å². The number of hydrogen-bond acceptors (Lipinski definition) is 4. The Morgan fingerprint density at radius 1 is 1.77 bits per heavy atom. The maximum atomic E-state index is 10.3. The van der Waals surface area contributed by atoms with Crippen LogP contribution in [0.15, 0.2) is 6.20 Å². The molecule has 6 heteroatoms. The summed E-state index contributed by atoms with van der Waals surface area (Å²) in [4.78, 5) is 16.4. The second-order valence-electron chi connectivity index (χ2n) is 2.42. The molecule has 0 radical (unpaired) electrons. The number of aryl methyl sites for hydroxylation is 1. The van der Waals surface area contributed by atoms with Crippen LogP contribution in [0.4, 0.5) is 5.82 Å². The minimum absolute atomic E-state index is 0.0310. The molecular weight excluding hydrogens is 190 g/mol. The number of aromatic nitrogens is 2. The van der Waals surface area contributed by atoms with E-state index in [0.717, 1.165) is 17.9 Å². The molecule has 5 nitrogen and oxygen atoms in total. The third kappa shape index (κ3) is 3.06.